The number of halogens is 1. The SMILES string of the molecule is CCc1nn(-c2ccccc2)c2nc(-c3ccccc3)nc(S[C@@H](CC)C(=O)NCc3ccc(F)cc3)c12. The third kappa shape index (κ3) is 5.45. The van der Waals surface area contributed by atoms with Gasteiger partial charge in [-0.1, -0.05) is 86.3 Å². The van der Waals surface area contributed by atoms with Gasteiger partial charge in [0.15, 0.2) is 11.5 Å². The molecule has 0 saturated carbocycles. The Hall–Kier alpha value is -4.04. The topological polar surface area (TPSA) is 72.7 Å². The molecule has 0 aliphatic rings. The van der Waals surface area contributed by atoms with Crippen LogP contribution < -0.4 is 5.32 Å². The molecule has 8 heteroatoms. The first-order valence-electron chi connectivity index (χ1n) is 12.7. The highest BCUT2D eigenvalue weighted by atomic mass is 32.2. The first kappa shape index (κ1) is 25.6. The van der Waals surface area contributed by atoms with Gasteiger partial charge in [-0.05, 0) is 42.7 Å². The molecule has 3 aromatic carbocycles. The quantitative estimate of drug-likeness (QED) is 0.179. The Labute approximate surface area is 225 Å². The Morgan fingerprint density at radius 2 is 1.63 bits per heavy atom. The maximum Gasteiger partial charge on any atom is 0.233 e. The number of benzene rings is 3. The van der Waals surface area contributed by atoms with Crippen LogP contribution in [-0.4, -0.2) is 30.9 Å². The summed E-state index contributed by atoms with van der Waals surface area (Å²) in [5.74, 6) is 0.192. The Morgan fingerprint density at radius 3 is 2.29 bits per heavy atom. The number of amides is 1. The number of aryl methyl sites for hydroxylation is 1. The van der Waals surface area contributed by atoms with Crippen molar-refractivity contribution in [3.8, 4) is 17.1 Å². The lowest BCUT2D eigenvalue weighted by Gasteiger charge is -2.16. The minimum Gasteiger partial charge on any atom is -0.351 e. The predicted octanol–water partition coefficient (Wildman–Crippen LogP) is 6.37. The lowest BCUT2D eigenvalue weighted by Crippen LogP contribution is -2.32. The van der Waals surface area contributed by atoms with Gasteiger partial charge in [0.05, 0.1) is 22.0 Å². The second-order valence-corrected chi connectivity index (χ2v) is 10.0. The fraction of sp³-hybridized carbons (Fsp3) is 0.200. The Bertz CT molecular complexity index is 1540. The molecule has 0 fully saturated rings. The first-order chi connectivity index (χ1) is 18.6. The summed E-state index contributed by atoms with van der Waals surface area (Å²) in [5, 5.41) is 9.13. The molecule has 192 valence electrons. The van der Waals surface area contributed by atoms with Gasteiger partial charge in [-0.3, -0.25) is 4.79 Å². The molecular weight excluding hydrogens is 497 g/mol. The van der Waals surface area contributed by atoms with Crippen LogP contribution in [0, 0.1) is 5.82 Å². The normalized spacial score (nSPS) is 12.0. The first-order valence-corrected chi connectivity index (χ1v) is 13.5. The van der Waals surface area contributed by atoms with Crippen molar-refractivity contribution in [3.63, 3.8) is 0 Å². The zero-order chi connectivity index (χ0) is 26.5. The molecule has 0 radical (unpaired) electrons. The van der Waals surface area contributed by atoms with Crippen molar-refractivity contribution >= 4 is 28.7 Å². The molecule has 2 heterocycles. The number of thioether (sulfide) groups is 1. The summed E-state index contributed by atoms with van der Waals surface area (Å²) in [6.07, 6.45) is 1.31. The van der Waals surface area contributed by atoms with Crippen LogP contribution in [0.2, 0.25) is 0 Å². The third-order valence-electron chi connectivity index (χ3n) is 6.23. The maximum absolute atomic E-state index is 13.3. The van der Waals surface area contributed by atoms with E-state index < -0.39 is 0 Å². The van der Waals surface area contributed by atoms with E-state index in [4.69, 9.17) is 15.1 Å². The lowest BCUT2D eigenvalue weighted by molar-refractivity contribution is -0.120. The summed E-state index contributed by atoms with van der Waals surface area (Å²) in [7, 11) is 0. The highest BCUT2D eigenvalue weighted by molar-refractivity contribution is 8.00. The second kappa shape index (κ2) is 11.6. The molecule has 0 aliphatic carbocycles. The average Bonchev–Trinajstić information content (AvgIpc) is 3.35. The highest BCUT2D eigenvalue weighted by Crippen LogP contribution is 2.35. The van der Waals surface area contributed by atoms with Crippen LogP contribution in [0.15, 0.2) is 90.0 Å². The molecule has 2 aromatic heterocycles. The molecule has 1 amide bonds. The monoisotopic (exact) mass is 525 g/mol. The van der Waals surface area contributed by atoms with Gasteiger partial charge in [0.25, 0.3) is 0 Å². The number of rotatable bonds is 9. The van der Waals surface area contributed by atoms with E-state index in [-0.39, 0.29) is 17.0 Å². The minimum absolute atomic E-state index is 0.0941. The van der Waals surface area contributed by atoms with Gasteiger partial charge in [-0.2, -0.15) is 5.10 Å². The van der Waals surface area contributed by atoms with Crippen LogP contribution in [0.1, 0.15) is 31.5 Å². The van der Waals surface area contributed by atoms with Gasteiger partial charge in [0.1, 0.15) is 10.8 Å². The molecule has 1 N–H and O–H groups in total. The van der Waals surface area contributed by atoms with Gasteiger partial charge in [0, 0.05) is 12.1 Å². The summed E-state index contributed by atoms with van der Waals surface area (Å²) in [5.41, 5.74) is 4.24. The number of nitrogens with one attached hydrogen (secondary N) is 1. The molecule has 0 unspecified atom stereocenters. The van der Waals surface area contributed by atoms with Crippen molar-refractivity contribution in [2.75, 3.05) is 0 Å². The molecule has 5 rings (SSSR count). The van der Waals surface area contributed by atoms with E-state index in [1.54, 1.807) is 12.1 Å². The average molecular weight is 526 g/mol. The van der Waals surface area contributed by atoms with E-state index in [1.165, 1.54) is 23.9 Å². The smallest absolute Gasteiger partial charge is 0.233 e. The second-order valence-electron chi connectivity index (χ2n) is 8.82. The van der Waals surface area contributed by atoms with Crippen molar-refractivity contribution in [1.29, 1.82) is 0 Å². The summed E-state index contributed by atoms with van der Waals surface area (Å²) in [6, 6.07) is 25.9. The van der Waals surface area contributed by atoms with Crippen LogP contribution >= 0.6 is 11.8 Å². The number of fused-ring (bicyclic) bond motifs is 1. The molecular formula is C30H28FN5OS. The maximum atomic E-state index is 13.3. The fourth-order valence-electron chi connectivity index (χ4n) is 4.21. The van der Waals surface area contributed by atoms with E-state index in [0.717, 1.165) is 32.9 Å². The summed E-state index contributed by atoms with van der Waals surface area (Å²) >= 11 is 1.43. The third-order valence-corrected chi connectivity index (χ3v) is 7.58. The largest absolute Gasteiger partial charge is 0.351 e. The Kier molecular flexibility index (Phi) is 7.79. The van der Waals surface area contributed by atoms with E-state index in [0.29, 0.717) is 30.9 Å². The van der Waals surface area contributed by atoms with E-state index in [9.17, 15) is 9.18 Å². The standard InChI is InChI=1S/C30H28FN5OS/c1-3-24-26-28(36(35-24)23-13-9-6-10-14-23)33-27(21-11-7-5-8-12-21)34-30(26)38-25(4-2)29(37)32-19-20-15-17-22(31)18-16-20/h5-18,25H,3-4,19H2,1-2H3,(H,32,37)/t25-/m0/s1. The molecule has 0 saturated heterocycles. The van der Waals surface area contributed by atoms with Gasteiger partial charge in [0.2, 0.25) is 5.91 Å². The van der Waals surface area contributed by atoms with Crippen LogP contribution in [0.3, 0.4) is 0 Å². The summed E-state index contributed by atoms with van der Waals surface area (Å²) < 4.78 is 15.1. The summed E-state index contributed by atoms with van der Waals surface area (Å²) in [6.45, 7) is 4.37. The number of carbonyl (C=O) groups excluding carboxylic acids is 1. The van der Waals surface area contributed by atoms with Crippen LogP contribution in [0.25, 0.3) is 28.1 Å². The van der Waals surface area contributed by atoms with Gasteiger partial charge in [-0.15, -0.1) is 0 Å². The number of para-hydroxylation sites is 1. The number of hydrogen-bond acceptors (Lipinski definition) is 5. The molecule has 6 nitrogen and oxygen atoms in total. The molecule has 0 bridgehead atoms. The minimum atomic E-state index is -0.373. The van der Waals surface area contributed by atoms with Gasteiger partial charge < -0.3 is 5.32 Å². The van der Waals surface area contributed by atoms with E-state index in [1.807, 2.05) is 72.3 Å². The van der Waals surface area contributed by atoms with E-state index >= 15 is 0 Å². The van der Waals surface area contributed by atoms with Crippen LogP contribution in [0.5, 0.6) is 0 Å². The Morgan fingerprint density at radius 1 is 0.947 bits per heavy atom. The zero-order valence-electron chi connectivity index (χ0n) is 21.3. The van der Waals surface area contributed by atoms with Crippen molar-refractivity contribution in [2.24, 2.45) is 0 Å². The Balaban J connectivity index is 1.55. The van der Waals surface area contributed by atoms with Crippen LogP contribution in [-0.2, 0) is 17.8 Å². The molecule has 0 spiro atoms. The molecule has 5 aromatic rings. The summed E-state index contributed by atoms with van der Waals surface area (Å²) in [4.78, 5) is 23.1. The number of nitrogens with zero attached hydrogens (tertiary/aromatic N) is 4. The van der Waals surface area contributed by atoms with Crippen LogP contribution in [0.4, 0.5) is 4.39 Å². The lowest BCUT2D eigenvalue weighted by atomic mass is 10.2. The fourth-order valence-corrected chi connectivity index (χ4v) is 5.31. The zero-order valence-corrected chi connectivity index (χ0v) is 22.1. The molecule has 0 aliphatic heterocycles. The van der Waals surface area contributed by atoms with Gasteiger partial charge >= 0.3 is 0 Å². The molecule has 1 atom stereocenters. The van der Waals surface area contributed by atoms with Gasteiger partial charge in [-0.25, -0.2) is 19.0 Å². The van der Waals surface area contributed by atoms with E-state index in [2.05, 4.69) is 12.2 Å². The predicted molar refractivity (Wildman–Crippen MR) is 150 cm³/mol. The number of aromatic nitrogens is 4. The van der Waals surface area contributed by atoms with Crippen molar-refractivity contribution in [1.82, 2.24) is 25.1 Å². The number of hydrogen-bond donors (Lipinski definition) is 1. The van der Waals surface area contributed by atoms with Crippen molar-refractivity contribution in [3.05, 3.63) is 102 Å². The highest BCUT2D eigenvalue weighted by Gasteiger charge is 2.25. The van der Waals surface area contributed by atoms with Crippen molar-refractivity contribution in [2.45, 2.75) is 43.5 Å². The molecule has 38 heavy (non-hydrogen) atoms. The number of carbonyl (C=O) groups is 1. The van der Waals surface area contributed by atoms with Crippen molar-refractivity contribution < 1.29 is 9.18 Å².